The molecule has 2 unspecified atom stereocenters. The number of nitrogens with one attached hydrogen (secondary N) is 2. The van der Waals surface area contributed by atoms with Gasteiger partial charge in [-0.15, -0.1) is 0 Å². The van der Waals surface area contributed by atoms with Crippen LogP contribution in [0.5, 0.6) is 0 Å². The first-order valence-electron chi connectivity index (χ1n) is 6.53. The standard InChI is InChI=1S/C13H20ClN3O3S/c1-9(15)7-8-16-13(18)10(2)17-21(19,20)12-5-3-11(14)4-6-12/h3-6,9-10,17H,7-8,15H2,1-2H3,(H,16,18). The molecule has 0 aliphatic heterocycles. The molecule has 1 aromatic carbocycles. The van der Waals surface area contributed by atoms with E-state index in [0.29, 0.717) is 18.0 Å². The highest BCUT2D eigenvalue weighted by Gasteiger charge is 2.21. The molecule has 8 heteroatoms. The van der Waals surface area contributed by atoms with Crippen molar-refractivity contribution in [3.63, 3.8) is 0 Å². The quantitative estimate of drug-likeness (QED) is 0.688. The normalized spacial score (nSPS) is 14.5. The fourth-order valence-corrected chi connectivity index (χ4v) is 2.87. The van der Waals surface area contributed by atoms with Crippen molar-refractivity contribution in [3.8, 4) is 0 Å². The number of rotatable bonds is 7. The van der Waals surface area contributed by atoms with Crippen LogP contribution in [0.25, 0.3) is 0 Å². The summed E-state index contributed by atoms with van der Waals surface area (Å²) in [5.74, 6) is -0.395. The summed E-state index contributed by atoms with van der Waals surface area (Å²) >= 11 is 5.71. The minimum Gasteiger partial charge on any atom is -0.355 e. The first-order chi connectivity index (χ1) is 9.72. The van der Waals surface area contributed by atoms with Gasteiger partial charge in [0.25, 0.3) is 0 Å². The first kappa shape index (κ1) is 17.9. The summed E-state index contributed by atoms with van der Waals surface area (Å²) in [5, 5.41) is 3.07. The second-order valence-corrected chi connectivity index (χ2v) is 7.00. The van der Waals surface area contributed by atoms with Crippen molar-refractivity contribution < 1.29 is 13.2 Å². The zero-order valence-corrected chi connectivity index (χ0v) is 13.5. The highest BCUT2D eigenvalue weighted by molar-refractivity contribution is 7.89. The molecule has 1 rings (SSSR count). The van der Waals surface area contributed by atoms with Crippen LogP contribution in [0, 0.1) is 0 Å². The maximum atomic E-state index is 12.1. The van der Waals surface area contributed by atoms with Gasteiger partial charge in [0.05, 0.1) is 10.9 Å². The third kappa shape index (κ3) is 6.01. The molecule has 0 radical (unpaired) electrons. The van der Waals surface area contributed by atoms with E-state index in [1.807, 2.05) is 6.92 Å². The number of carbonyl (C=O) groups excluding carboxylic acids is 1. The molecule has 0 aliphatic rings. The topological polar surface area (TPSA) is 101 Å². The Balaban J connectivity index is 2.62. The number of amides is 1. The average Bonchev–Trinajstić information content (AvgIpc) is 2.38. The van der Waals surface area contributed by atoms with E-state index in [1.165, 1.54) is 31.2 Å². The molecule has 21 heavy (non-hydrogen) atoms. The molecule has 6 nitrogen and oxygen atoms in total. The Morgan fingerprint density at radius 3 is 2.38 bits per heavy atom. The predicted molar refractivity (Wildman–Crippen MR) is 82.5 cm³/mol. The average molecular weight is 334 g/mol. The fourth-order valence-electron chi connectivity index (χ4n) is 1.54. The number of halogens is 1. The van der Waals surface area contributed by atoms with E-state index in [-0.39, 0.29) is 10.9 Å². The van der Waals surface area contributed by atoms with Gasteiger partial charge >= 0.3 is 0 Å². The van der Waals surface area contributed by atoms with Gasteiger partial charge in [-0.25, -0.2) is 8.42 Å². The Morgan fingerprint density at radius 1 is 1.29 bits per heavy atom. The second-order valence-electron chi connectivity index (χ2n) is 4.85. The number of sulfonamides is 1. The molecular weight excluding hydrogens is 314 g/mol. The van der Waals surface area contributed by atoms with Crippen LogP contribution in [0.2, 0.25) is 5.02 Å². The lowest BCUT2D eigenvalue weighted by atomic mass is 10.2. The summed E-state index contributed by atoms with van der Waals surface area (Å²) in [6, 6.07) is 4.81. The number of carbonyl (C=O) groups is 1. The van der Waals surface area contributed by atoms with Crippen molar-refractivity contribution in [2.24, 2.45) is 5.73 Å². The monoisotopic (exact) mass is 333 g/mol. The van der Waals surface area contributed by atoms with Crippen LogP contribution < -0.4 is 15.8 Å². The van der Waals surface area contributed by atoms with Crippen LogP contribution in [-0.2, 0) is 14.8 Å². The van der Waals surface area contributed by atoms with E-state index < -0.39 is 22.0 Å². The predicted octanol–water partition coefficient (Wildman–Crippen LogP) is 0.860. The lowest BCUT2D eigenvalue weighted by Gasteiger charge is -2.15. The Labute approximate surface area is 130 Å². The van der Waals surface area contributed by atoms with Crippen LogP contribution in [0.15, 0.2) is 29.2 Å². The van der Waals surface area contributed by atoms with Crippen LogP contribution in [-0.4, -0.2) is 33.0 Å². The Kier molecular flexibility index (Phi) is 6.60. The lowest BCUT2D eigenvalue weighted by molar-refractivity contribution is -0.122. The van der Waals surface area contributed by atoms with Crippen molar-refractivity contribution in [2.75, 3.05) is 6.54 Å². The second kappa shape index (κ2) is 7.74. The molecule has 0 heterocycles. The van der Waals surface area contributed by atoms with Crippen molar-refractivity contribution in [1.29, 1.82) is 0 Å². The third-order valence-electron chi connectivity index (χ3n) is 2.75. The van der Waals surface area contributed by atoms with Crippen LogP contribution in [0.1, 0.15) is 20.3 Å². The first-order valence-corrected chi connectivity index (χ1v) is 8.39. The van der Waals surface area contributed by atoms with Crippen molar-refractivity contribution in [3.05, 3.63) is 29.3 Å². The number of hydrogen-bond donors (Lipinski definition) is 3. The maximum absolute atomic E-state index is 12.1. The van der Waals surface area contributed by atoms with Gasteiger partial charge in [-0.1, -0.05) is 11.6 Å². The van der Waals surface area contributed by atoms with Gasteiger partial charge in [-0.3, -0.25) is 4.79 Å². The van der Waals surface area contributed by atoms with Gasteiger partial charge in [0.1, 0.15) is 0 Å². The Bertz CT molecular complexity index is 573. The summed E-state index contributed by atoms with van der Waals surface area (Å²) in [7, 11) is -3.76. The summed E-state index contributed by atoms with van der Waals surface area (Å²) in [4.78, 5) is 11.8. The van der Waals surface area contributed by atoms with Gasteiger partial charge < -0.3 is 11.1 Å². The van der Waals surface area contributed by atoms with E-state index >= 15 is 0 Å². The van der Waals surface area contributed by atoms with E-state index in [1.54, 1.807) is 0 Å². The molecule has 118 valence electrons. The van der Waals surface area contributed by atoms with E-state index in [0.717, 1.165) is 0 Å². The highest BCUT2D eigenvalue weighted by Crippen LogP contribution is 2.14. The molecule has 1 amide bonds. The molecule has 1 aromatic rings. The third-order valence-corrected chi connectivity index (χ3v) is 4.56. The SMILES string of the molecule is CC(N)CCNC(=O)C(C)NS(=O)(=O)c1ccc(Cl)cc1. The molecule has 0 spiro atoms. The van der Waals surface area contributed by atoms with Gasteiger partial charge in [-0.2, -0.15) is 4.72 Å². The molecule has 0 aliphatic carbocycles. The van der Waals surface area contributed by atoms with E-state index in [2.05, 4.69) is 10.0 Å². The number of nitrogens with two attached hydrogens (primary N) is 1. The zero-order valence-electron chi connectivity index (χ0n) is 12.0. The molecule has 0 fully saturated rings. The smallest absolute Gasteiger partial charge is 0.241 e. The minimum atomic E-state index is -3.76. The molecule has 0 saturated heterocycles. The molecule has 4 N–H and O–H groups in total. The summed E-state index contributed by atoms with van der Waals surface area (Å²) in [5.41, 5.74) is 5.57. The van der Waals surface area contributed by atoms with Crippen LogP contribution in [0.3, 0.4) is 0 Å². The Morgan fingerprint density at radius 2 is 1.86 bits per heavy atom. The number of benzene rings is 1. The molecule has 0 aromatic heterocycles. The largest absolute Gasteiger partial charge is 0.355 e. The van der Waals surface area contributed by atoms with Crippen LogP contribution >= 0.6 is 11.6 Å². The van der Waals surface area contributed by atoms with Gasteiger partial charge in [-0.05, 0) is 44.5 Å². The fraction of sp³-hybridized carbons (Fsp3) is 0.462. The molecule has 0 saturated carbocycles. The Hall–Kier alpha value is -1.15. The van der Waals surface area contributed by atoms with Gasteiger partial charge in [0.15, 0.2) is 0 Å². The maximum Gasteiger partial charge on any atom is 0.241 e. The van der Waals surface area contributed by atoms with E-state index in [9.17, 15) is 13.2 Å². The van der Waals surface area contributed by atoms with E-state index in [4.69, 9.17) is 17.3 Å². The summed E-state index contributed by atoms with van der Waals surface area (Å²) < 4.78 is 26.5. The zero-order chi connectivity index (χ0) is 16.0. The molecule has 0 bridgehead atoms. The van der Waals surface area contributed by atoms with Gasteiger partial charge in [0, 0.05) is 17.6 Å². The van der Waals surface area contributed by atoms with Crippen molar-refractivity contribution in [2.45, 2.75) is 37.2 Å². The van der Waals surface area contributed by atoms with Crippen molar-refractivity contribution in [1.82, 2.24) is 10.0 Å². The lowest BCUT2D eigenvalue weighted by Crippen LogP contribution is -2.45. The molecule has 2 atom stereocenters. The van der Waals surface area contributed by atoms with Crippen molar-refractivity contribution >= 4 is 27.5 Å². The summed E-state index contributed by atoms with van der Waals surface area (Å²) in [6.07, 6.45) is 0.627. The van der Waals surface area contributed by atoms with Gasteiger partial charge in [0.2, 0.25) is 15.9 Å². The highest BCUT2D eigenvalue weighted by atomic mass is 35.5. The van der Waals surface area contributed by atoms with Crippen LogP contribution in [0.4, 0.5) is 0 Å². The minimum absolute atomic E-state index is 0.0219. The summed E-state index contributed by atoms with van der Waals surface area (Å²) in [6.45, 7) is 3.72. The number of hydrogen-bond acceptors (Lipinski definition) is 4. The molecular formula is C13H20ClN3O3S.